The van der Waals surface area contributed by atoms with Gasteiger partial charge in [0.2, 0.25) is 0 Å². The molecule has 0 atom stereocenters. The van der Waals surface area contributed by atoms with Gasteiger partial charge in [0.15, 0.2) is 17.5 Å². The molecule has 5 nitrogen and oxygen atoms in total. The Morgan fingerprint density at radius 1 is 1.38 bits per heavy atom. The number of rotatable bonds is 4. The molecule has 112 valence electrons. The predicted molar refractivity (Wildman–Crippen MR) is 86.8 cm³/mol. The molecule has 1 heterocycles. The number of guanidine groups is 1. The quantitative estimate of drug-likeness (QED) is 0.494. The Balaban J connectivity index is 2.11. The summed E-state index contributed by atoms with van der Waals surface area (Å²) < 4.78 is 12.1. The summed E-state index contributed by atoms with van der Waals surface area (Å²) in [6, 6.07) is 3.94. The smallest absolute Gasteiger partial charge is 0.192 e. The van der Waals surface area contributed by atoms with Crippen LogP contribution in [0.3, 0.4) is 0 Å². The summed E-state index contributed by atoms with van der Waals surface area (Å²) in [6.07, 6.45) is 5.24. The fourth-order valence-corrected chi connectivity index (χ4v) is 2.51. The Hall–Kier alpha value is -1.87. The normalized spacial score (nSPS) is 13.5. The Labute approximate surface area is 133 Å². The van der Waals surface area contributed by atoms with Crippen LogP contribution in [0.1, 0.15) is 12.5 Å². The van der Waals surface area contributed by atoms with Gasteiger partial charge in [-0.25, -0.2) is 4.99 Å². The first kappa shape index (κ1) is 15.5. The third kappa shape index (κ3) is 4.30. The van der Waals surface area contributed by atoms with E-state index in [1.165, 1.54) is 0 Å². The summed E-state index contributed by atoms with van der Waals surface area (Å²) in [7, 11) is 0. The lowest BCUT2D eigenvalue weighted by atomic mass is 10.2. The van der Waals surface area contributed by atoms with Crippen LogP contribution in [0.15, 0.2) is 21.6 Å². The molecule has 0 spiro atoms. The van der Waals surface area contributed by atoms with E-state index in [2.05, 4.69) is 37.5 Å². The number of hydrogen-bond donors (Lipinski definition) is 2. The molecule has 0 fully saturated rings. The van der Waals surface area contributed by atoms with Gasteiger partial charge in [-0.1, -0.05) is 5.92 Å². The summed E-state index contributed by atoms with van der Waals surface area (Å²) in [5, 5.41) is 6.19. The first-order chi connectivity index (χ1) is 10.2. The molecule has 0 radical (unpaired) electrons. The number of nitrogens with zero attached hydrogens (tertiary/aromatic N) is 1. The topological polar surface area (TPSA) is 54.9 Å². The van der Waals surface area contributed by atoms with Gasteiger partial charge in [0.1, 0.15) is 13.2 Å². The highest BCUT2D eigenvalue weighted by Crippen LogP contribution is 2.38. The fourth-order valence-electron chi connectivity index (χ4n) is 1.90. The van der Waals surface area contributed by atoms with Crippen LogP contribution in [-0.2, 0) is 6.54 Å². The highest BCUT2D eigenvalue weighted by Gasteiger charge is 2.16. The van der Waals surface area contributed by atoms with Crippen molar-refractivity contribution < 1.29 is 9.47 Å². The van der Waals surface area contributed by atoms with Crippen LogP contribution in [0.5, 0.6) is 11.5 Å². The SMILES string of the molecule is C#CCNC(=NCc1cc(Br)c2c(c1)OCCO2)NCC. The number of benzene rings is 1. The standard InChI is InChI=1S/C15H18BrN3O2/c1-3-5-18-15(17-4-2)19-10-11-8-12(16)14-13(9-11)20-6-7-21-14/h1,8-9H,4-7,10H2,2H3,(H2,17,18,19). The zero-order valence-corrected chi connectivity index (χ0v) is 13.5. The summed E-state index contributed by atoms with van der Waals surface area (Å²) in [5.74, 6) is 4.73. The van der Waals surface area contributed by atoms with E-state index in [1.54, 1.807) is 0 Å². The van der Waals surface area contributed by atoms with Gasteiger partial charge in [0.25, 0.3) is 0 Å². The number of ether oxygens (including phenoxy) is 2. The van der Waals surface area contributed by atoms with Gasteiger partial charge in [-0.3, -0.25) is 0 Å². The molecule has 1 aromatic rings. The third-order valence-corrected chi connectivity index (χ3v) is 3.37. The zero-order chi connectivity index (χ0) is 15.1. The Bertz CT molecular complexity index is 567. The van der Waals surface area contributed by atoms with Crippen molar-refractivity contribution in [3.63, 3.8) is 0 Å². The number of terminal acetylenes is 1. The van der Waals surface area contributed by atoms with E-state index in [9.17, 15) is 0 Å². The van der Waals surface area contributed by atoms with E-state index in [4.69, 9.17) is 15.9 Å². The third-order valence-electron chi connectivity index (χ3n) is 2.78. The maximum Gasteiger partial charge on any atom is 0.192 e. The number of hydrogen-bond acceptors (Lipinski definition) is 3. The maximum atomic E-state index is 5.60. The van der Waals surface area contributed by atoms with Crippen LogP contribution in [0, 0.1) is 12.3 Å². The fraction of sp³-hybridized carbons (Fsp3) is 0.400. The minimum atomic E-state index is 0.441. The van der Waals surface area contributed by atoms with Crippen LogP contribution in [0.4, 0.5) is 0 Å². The van der Waals surface area contributed by atoms with Crippen LogP contribution in [0.2, 0.25) is 0 Å². The molecule has 0 aliphatic carbocycles. The molecule has 1 aliphatic heterocycles. The number of halogens is 1. The van der Waals surface area contributed by atoms with E-state index in [0.29, 0.717) is 32.3 Å². The van der Waals surface area contributed by atoms with Crippen molar-refractivity contribution in [1.82, 2.24) is 10.6 Å². The van der Waals surface area contributed by atoms with Crippen molar-refractivity contribution in [1.29, 1.82) is 0 Å². The van der Waals surface area contributed by atoms with Crippen molar-refractivity contribution in [2.45, 2.75) is 13.5 Å². The van der Waals surface area contributed by atoms with E-state index >= 15 is 0 Å². The van der Waals surface area contributed by atoms with Crippen LogP contribution < -0.4 is 20.1 Å². The van der Waals surface area contributed by atoms with Gasteiger partial charge in [-0.15, -0.1) is 6.42 Å². The monoisotopic (exact) mass is 351 g/mol. The first-order valence-electron chi connectivity index (χ1n) is 6.78. The van der Waals surface area contributed by atoms with E-state index in [1.807, 2.05) is 19.1 Å². The molecule has 2 rings (SSSR count). The maximum absolute atomic E-state index is 5.60. The molecular weight excluding hydrogens is 334 g/mol. The second-order valence-corrected chi connectivity index (χ2v) is 5.21. The Kier molecular flexibility index (Phi) is 5.76. The summed E-state index contributed by atoms with van der Waals surface area (Å²) in [6.45, 7) is 4.89. The molecule has 1 aromatic carbocycles. The largest absolute Gasteiger partial charge is 0.486 e. The van der Waals surface area contributed by atoms with Gasteiger partial charge in [-0.2, -0.15) is 0 Å². The molecule has 0 amide bonds. The van der Waals surface area contributed by atoms with Gasteiger partial charge in [0, 0.05) is 6.54 Å². The first-order valence-corrected chi connectivity index (χ1v) is 7.57. The van der Waals surface area contributed by atoms with Gasteiger partial charge < -0.3 is 20.1 Å². The van der Waals surface area contributed by atoms with Crippen molar-refractivity contribution in [2.24, 2.45) is 4.99 Å². The molecule has 0 bridgehead atoms. The average Bonchev–Trinajstić information content (AvgIpc) is 2.50. The van der Waals surface area contributed by atoms with Crippen LogP contribution >= 0.6 is 15.9 Å². The Morgan fingerprint density at radius 3 is 2.95 bits per heavy atom. The van der Waals surface area contributed by atoms with E-state index in [0.717, 1.165) is 28.1 Å². The van der Waals surface area contributed by atoms with Gasteiger partial charge >= 0.3 is 0 Å². The number of nitrogens with one attached hydrogen (secondary N) is 2. The molecular formula is C15H18BrN3O2. The van der Waals surface area contributed by atoms with E-state index < -0.39 is 0 Å². The molecule has 6 heteroatoms. The summed E-state index contributed by atoms with van der Waals surface area (Å²) in [4.78, 5) is 4.49. The van der Waals surface area contributed by atoms with Gasteiger partial charge in [0.05, 0.1) is 17.6 Å². The highest BCUT2D eigenvalue weighted by atomic mass is 79.9. The molecule has 0 saturated carbocycles. The molecule has 1 aliphatic rings. The minimum absolute atomic E-state index is 0.441. The lowest BCUT2D eigenvalue weighted by Crippen LogP contribution is -2.37. The van der Waals surface area contributed by atoms with Crippen LogP contribution in [-0.4, -0.2) is 32.3 Å². The second kappa shape index (κ2) is 7.79. The lowest BCUT2D eigenvalue weighted by molar-refractivity contribution is 0.170. The molecule has 21 heavy (non-hydrogen) atoms. The van der Waals surface area contributed by atoms with Gasteiger partial charge in [-0.05, 0) is 40.5 Å². The predicted octanol–water partition coefficient (Wildman–Crippen LogP) is 1.91. The zero-order valence-electron chi connectivity index (χ0n) is 11.9. The van der Waals surface area contributed by atoms with Crippen molar-refractivity contribution in [3.05, 3.63) is 22.2 Å². The van der Waals surface area contributed by atoms with Crippen molar-refractivity contribution >= 4 is 21.9 Å². The lowest BCUT2D eigenvalue weighted by Gasteiger charge is -2.20. The van der Waals surface area contributed by atoms with Crippen molar-refractivity contribution in [3.8, 4) is 23.8 Å². The van der Waals surface area contributed by atoms with Crippen LogP contribution in [0.25, 0.3) is 0 Å². The molecule has 0 aromatic heterocycles. The molecule has 0 saturated heterocycles. The van der Waals surface area contributed by atoms with E-state index in [-0.39, 0.29) is 0 Å². The second-order valence-electron chi connectivity index (χ2n) is 4.35. The minimum Gasteiger partial charge on any atom is -0.486 e. The van der Waals surface area contributed by atoms with Crippen molar-refractivity contribution in [2.75, 3.05) is 26.3 Å². The Morgan fingerprint density at radius 2 is 2.19 bits per heavy atom. The molecule has 2 N–H and O–H groups in total. The average molecular weight is 352 g/mol. The number of aliphatic imine (C=N–C) groups is 1. The summed E-state index contributed by atoms with van der Waals surface area (Å²) >= 11 is 3.50. The highest BCUT2D eigenvalue weighted by molar-refractivity contribution is 9.10. The molecule has 0 unspecified atom stereocenters. The summed E-state index contributed by atoms with van der Waals surface area (Å²) in [5.41, 5.74) is 1.03. The number of fused-ring (bicyclic) bond motifs is 1.